The number of likely N-dealkylation sites (N-methyl/N-ethyl adjacent to an activating group) is 1. The zero-order valence-corrected chi connectivity index (χ0v) is 29.5. The minimum absolute atomic E-state index is 0.0415. The van der Waals surface area contributed by atoms with E-state index in [4.69, 9.17) is 4.74 Å². The van der Waals surface area contributed by atoms with Crippen molar-refractivity contribution in [1.82, 2.24) is 14.7 Å². The Balaban J connectivity index is 0. The highest BCUT2D eigenvalue weighted by molar-refractivity contribution is 5.02. The summed E-state index contributed by atoms with van der Waals surface area (Å²) in [5.74, 6) is 0.746. The molecule has 0 aliphatic carbocycles. The van der Waals surface area contributed by atoms with Crippen LogP contribution in [0.4, 0.5) is 0 Å². The summed E-state index contributed by atoms with van der Waals surface area (Å²) < 4.78 is 6.15. The highest BCUT2D eigenvalue weighted by Gasteiger charge is 2.48. The van der Waals surface area contributed by atoms with E-state index in [2.05, 4.69) is 112 Å². The van der Waals surface area contributed by atoms with E-state index in [1.165, 1.54) is 77.9 Å². The normalized spacial score (nSPS) is 20.1. The van der Waals surface area contributed by atoms with Crippen molar-refractivity contribution in [2.75, 3.05) is 52.4 Å². The molecule has 2 heterocycles. The van der Waals surface area contributed by atoms with E-state index in [1.807, 2.05) is 13.8 Å². The van der Waals surface area contributed by atoms with Crippen LogP contribution < -0.4 is 0 Å². The Bertz CT molecular complexity index is 560. The van der Waals surface area contributed by atoms with Gasteiger partial charge in [-0.25, -0.2) is 0 Å². The molecule has 2 fully saturated rings. The van der Waals surface area contributed by atoms with Crippen molar-refractivity contribution in [3.05, 3.63) is 0 Å². The molecule has 2 saturated heterocycles. The quantitative estimate of drug-likeness (QED) is 0.275. The molecule has 0 amide bonds. The van der Waals surface area contributed by atoms with Gasteiger partial charge in [0.2, 0.25) is 0 Å². The third-order valence-corrected chi connectivity index (χ3v) is 9.13. The molecule has 0 N–H and O–H groups in total. The smallest absolute Gasteiger partial charge is 0.0803 e. The summed E-state index contributed by atoms with van der Waals surface area (Å²) in [5, 5.41) is 0. The lowest BCUT2D eigenvalue weighted by molar-refractivity contribution is -0.112. The first-order chi connectivity index (χ1) is 17.6. The maximum Gasteiger partial charge on any atom is 0.0803 e. The predicted molar refractivity (Wildman–Crippen MR) is 174 cm³/mol. The summed E-state index contributed by atoms with van der Waals surface area (Å²) in [6.45, 7) is 45.5. The van der Waals surface area contributed by atoms with Crippen LogP contribution in [0.2, 0.25) is 0 Å². The predicted octanol–water partition coefficient (Wildman–Crippen LogP) is 8.98. The van der Waals surface area contributed by atoms with Crippen LogP contribution in [0.5, 0.6) is 0 Å². The van der Waals surface area contributed by atoms with E-state index in [9.17, 15) is 0 Å². The Kier molecular flexibility index (Phi) is 20.0. The van der Waals surface area contributed by atoms with Crippen molar-refractivity contribution in [2.24, 2.45) is 11.3 Å². The van der Waals surface area contributed by atoms with Crippen LogP contribution in [0.3, 0.4) is 0 Å². The molecule has 2 rings (SSSR count). The highest BCUT2D eigenvalue weighted by atomic mass is 16.5. The molecular weight excluding hydrogens is 466 g/mol. The molecule has 38 heavy (non-hydrogen) atoms. The average molecular weight is 542 g/mol. The van der Waals surface area contributed by atoms with Gasteiger partial charge in [0.05, 0.1) is 5.60 Å². The van der Waals surface area contributed by atoms with Crippen LogP contribution in [0.25, 0.3) is 0 Å². The molecule has 2 aliphatic rings. The Morgan fingerprint density at radius 3 is 1.55 bits per heavy atom. The van der Waals surface area contributed by atoms with Gasteiger partial charge in [-0.15, -0.1) is 0 Å². The zero-order valence-electron chi connectivity index (χ0n) is 29.5. The van der Waals surface area contributed by atoms with E-state index in [0.717, 1.165) is 12.5 Å². The lowest BCUT2D eigenvalue weighted by Crippen LogP contribution is -2.59. The van der Waals surface area contributed by atoms with Gasteiger partial charge in [-0.2, -0.15) is 0 Å². The maximum absolute atomic E-state index is 6.15. The van der Waals surface area contributed by atoms with Crippen molar-refractivity contribution in [3.63, 3.8) is 0 Å². The summed E-state index contributed by atoms with van der Waals surface area (Å²) in [5.41, 5.74) is 0.502. The molecule has 0 aromatic carbocycles. The lowest BCUT2D eigenvalue weighted by atomic mass is 9.70. The summed E-state index contributed by atoms with van der Waals surface area (Å²) in [6.07, 6.45) is 6.46. The van der Waals surface area contributed by atoms with Crippen LogP contribution in [0, 0.1) is 11.3 Å². The molecule has 1 atom stereocenters. The van der Waals surface area contributed by atoms with Crippen molar-refractivity contribution < 1.29 is 4.74 Å². The molecule has 4 heteroatoms. The fourth-order valence-corrected chi connectivity index (χ4v) is 5.86. The molecule has 0 spiro atoms. The highest BCUT2D eigenvalue weighted by Crippen LogP contribution is 2.45. The third kappa shape index (κ3) is 12.6. The van der Waals surface area contributed by atoms with E-state index in [-0.39, 0.29) is 16.7 Å². The van der Waals surface area contributed by atoms with Gasteiger partial charge in [-0.1, -0.05) is 81.6 Å². The van der Waals surface area contributed by atoms with Gasteiger partial charge < -0.3 is 9.64 Å². The first-order valence-electron chi connectivity index (χ1n) is 16.5. The number of hydrogen-bond acceptors (Lipinski definition) is 4. The standard InChI is InChI=1S/C25H51N3O.C4H10.C3H8.C2H6/c1-11-26-15-17-27(18-16-26)23(5,6)20-22(3,4)21-13-14-28(19-21)24(7,8)25(9,10)29-12-2;1-3-4-2;1-3-2;1-2/h21H,11-20H2,1-10H3;3-4H2,1-2H3;3H2,1-2H3;1-2H3. The molecule has 0 bridgehead atoms. The molecule has 2 aliphatic heterocycles. The van der Waals surface area contributed by atoms with E-state index in [1.54, 1.807) is 0 Å². The minimum Gasteiger partial charge on any atom is -0.374 e. The van der Waals surface area contributed by atoms with E-state index in [0.29, 0.717) is 5.41 Å². The second kappa shape index (κ2) is 19.1. The minimum atomic E-state index is -0.140. The SMILES string of the molecule is CC.CCC.CCCC.CCOC(C)(C)C(C)(C)N1CCC(C(C)(C)CC(C)(C)N2CCN(CC)CC2)C1. The number of unbranched alkanes of at least 4 members (excludes halogenated alkanes) is 1. The molecule has 0 radical (unpaired) electrons. The van der Waals surface area contributed by atoms with Gasteiger partial charge in [-0.05, 0) is 85.7 Å². The molecule has 4 nitrogen and oxygen atoms in total. The van der Waals surface area contributed by atoms with Crippen molar-refractivity contribution >= 4 is 0 Å². The second-order valence-corrected chi connectivity index (χ2v) is 13.5. The lowest BCUT2D eigenvalue weighted by Gasteiger charge is -2.49. The van der Waals surface area contributed by atoms with Crippen LogP contribution in [0.1, 0.15) is 143 Å². The van der Waals surface area contributed by atoms with Crippen LogP contribution in [-0.4, -0.2) is 83.8 Å². The first-order valence-corrected chi connectivity index (χ1v) is 16.5. The fourth-order valence-electron chi connectivity index (χ4n) is 5.86. The number of nitrogens with zero attached hydrogens (tertiary/aromatic N) is 3. The van der Waals surface area contributed by atoms with Gasteiger partial charge in [0.25, 0.3) is 0 Å². The number of likely N-dealkylation sites (tertiary alicyclic amines) is 1. The number of hydrogen-bond donors (Lipinski definition) is 0. The number of piperazine rings is 1. The monoisotopic (exact) mass is 542 g/mol. The second-order valence-electron chi connectivity index (χ2n) is 13.5. The molecule has 0 aromatic rings. The van der Waals surface area contributed by atoms with Crippen molar-refractivity contribution in [3.8, 4) is 0 Å². The molecule has 0 aromatic heterocycles. The molecular formula is C34H75N3O. The molecule has 0 saturated carbocycles. The van der Waals surface area contributed by atoms with Crippen LogP contribution >= 0.6 is 0 Å². The topological polar surface area (TPSA) is 19.0 Å². The number of ether oxygens (including phenoxy) is 1. The largest absolute Gasteiger partial charge is 0.374 e. The Hall–Kier alpha value is -0.160. The van der Waals surface area contributed by atoms with Crippen molar-refractivity contribution in [1.29, 1.82) is 0 Å². The summed E-state index contributed by atoms with van der Waals surface area (Å²) in [6, 6.07) is 0. The van der Waals surface area contributed by atoms with Gasteiger partial charge >= 0.3 is 0 Å². The summed E-state index contributed by atoms with van der Waals surface area (Å²) >= 11 is 0. The fraction of sp³-hybridized carbons (Fsp3) is 1.00. The maximum atomic E-state index is 6.15. The average Bonchev–Trinajstić information content (AvgIpc) is 3.38. The van der Waals surface area contributed by atoms with Crippen molar-refractivity contribution in [2.45, 2.75) is 160 Å². The van der Waals surface area contributed by atoms with Gasteiger partial charge in [-0.3, -0.25) is 9.80 Å². The van der Waals surface area contributed by atoms with E-state index >= 15 is 0 Å². The zero-order chi connectivity index (χ0) is 30.2. The molecule has 1 unspecified atom stereocenters. The van der Waals surface area contributed by atoms with Gasteiger partial charge in [0.1, 0.15) is 0 Å². The summed E-state index contributed by atoms with van der Waals surface area (Å²) in [4.78, 5) is 8.02. The Morgan fingerprint density at radius 1 is 0.684 bits per heavy atom. The van der Waals surface area contributed by atoms with E-state index < -0.39 is 0 Å². The first kappa shape index (κ1) is 40.0. The van der Waals surface area contributed by atoms with Gasteiger partial charge in [0.15, 0.2) is 0 Å². The summed E-state index contributed by atoms with van der Waals surface area (Å²) in [7, 11) is 0. The Labute approximate surface area is 242 Å². The van der Waals surface area contributed by atoms with Crippen LogP contribution in [0.15, 0.2) is 0 Å². The Morgan fingerprint density at radius 2 is 1.16 bits per heavy atom. The number of rotatable bonds is 10. The molecule has 232 valence electrons. The third-order valence-electron chi connectivity index (χ3n) is 9.13. The van der Waals surface area contributed by atoms with Gasteiger partial charge in [0, 0.05) is 50.4 Å². The van der Waals surface area contributed by atoms with Crippen LogP contribution in [-0.2, 0) is 4.74 Å².